The molecule has 0 saturated carbocycles. The normalized spacial score (nSPS) is 12.8. The Morgan fingerprint density at radius 1 is 1.12 bits per heavy atom. The number of nitrogens with one attached hydrogen (secondary N) is 1. The van der Waals surface area contributed by atoms with Gasteiger partial charge >= 0.3 is 0 Å². The van der Waals surface area contributed by atoms with Gasteiger partial charge in [0.25, 0.3) is 0 Å². The van der Waals surface area contributed by atoms with Crippen molar-refractivity contribution in [3.63, 3.8) is 0 Å². The van der Waals surface area contributed by atoms with Crippen LogP contribution in [0.25, 0.3) is 10.9 Å². The number of benzene rings is 2. The molecule has 1 N–H and O–H groups in total. The molecule has 132 valence electrons. The Kier molecular flexibility index (Phi) is 4.62. The minimum absolute atomic E-state index is 0.105. The number of hydrogen-bond acceptors (Lipinski definition) is 6. The summed E-state index contributed by atoms with van der Waals surface area (Å²) in [5, 5.41) is 4.65. The predicted octanol–water partition coefficient (Wildman–Crippen LogP) is 3.44. The van der Waals surface area contributed by atoms with Gasteiger partial charge in [-0.15, -0.1) is 0 Å². The van der Waals surface area contributed by atoms with Crippen LogP contribution in [0.15, 0.2) is 47.5 Å². The number of thioether (sulfide) groups is 1. The van der Waals surface area contributed by atoms with Crippen LogP contribution >= 0.6 is 11.8 Å². The van der Waals surface area contributed by atoms with E-state index in [1.54, 1.807) is 18.2 Å². The largest absolute Gasteiger partial charge is 0.486 e. The summed E-state index contributed by atoms with van der Waals surface area (Å²) in [6, 6.07) is 13.2. The van der Waals surface area contributed by atoms with Crippen molar-refractivity contribution in [2.75, 3.05) is 24.3 Å². The van der Waals surface area contributed by atoms with Crippen LogP contribution in [-0.2, 0) is 4.79 Å². The molecule has 1 aliphatic heterocycles. The van der Waals surface area contributed by atoms with Gasteiger partial charge in [0.05, 0.1) is 11.3 Å². The van der Waals surface area contributed by atoms with Gasteiger partial charge in [0.1, 0.15) is 24.1 Å². The lowest BCUT2D eigenvalue weighted by molar-refractivity contribution is -0.113. The molecule has 4 rings (SSSR count). The molecule has 0 bridgehead atoms. The van der Waals surface area contributed by atoms with Crippen molar-refractivity contribution in [2.24, 2.45) is 0 Å². The molecule has 6 nitrogen and oxygen atoms in total. The van der Waals surface area contributed by atoms with Gasteiger partial charge in [-0.1, -0.05) is 30.0 Å². The molecule has 0 unspecified atom stereocenters. The smallest absolute Gasteiger partial charge is 0.234 e. The van der Waals surface area contributed by atoms with E-state index in [-0.39, 0.29) is 11.7 Å². The molecular weight excluding hydrogens is 350 g/mol. The van der Waals surface area contributed by atoms with Crippen LogP contribution in [0.1, 0.15) is 5.82 Å². The highest BCUT2D eigenvalue weighted by Crippen LogP contribution is 2.32. The quantitative estimate of drug-likeness (QED) is 0.562. The molecule has 3 aromatic rings. The second-order valence-corrected chi connectivity index (χ2v) is 6.75. The monoisotopic (exact) mass is 367 g/mol. The number of aryl methyl sites for hydroxylation is 1. The molecule has 2 aromatic carbocycles. The highest BCUT2D eigenvalue weighted by atomic mass is 32.2. The predicted molar refractivity (Wildman–Crippen MR) is 101 cm³/mol. The Balaban J connectivity index is 1.45. The molecule has 0 radical (unpaired) electrons. The average Bonchev–Trinajstić information content (AvgIpc) is 2.66. The zero-order chi connectivity index (χ0) is 17.9. The van der Waals surface area contributed by atoms with Crippen molar-refractivity contribution >= 4 is 34.3 Å². The number of carbonyl (C=O) groups excluding carboxylic acids is 1. The van der Waals surface area contributed by atoms with E-state index < -0.39 is 0 Å². The number of anilines is 1. The number of rotatable bonds is 4. The molecule has 0 aliphatic carbocycles. The van der Waals surface area contributed by atoms with Gasteiger partial charge in [0, 0.05) is 17.1 Å². The number of para-hydroxylation sites is 1. The van der Waals surface area contributed by atoms with E-state index >= 15 is 0 Å². The summed E-state index contributed by atoms with van der Waals surface area (Å²) in [4.78, 5) is 21.2. The molecule has 1 amide bonds. The van der Waals surface area contributed by atoms with Gasteiger partial charge in [-0.25, -0.2) is 9.97 Å². The van der Waals surface area contributed by atoms with E-state index in [1.807, 2.05) is 31.2 Å². The van der Waals surface area contributed by atoms with Crippen LogP contribution < -0.4 is 14.8 Å². The summed E-state index contributed by atoms with van der Waals surface area (Å²) < 4.78 is 11.0. The van der Waals surface area contributed by atoms with Gasteiger partial charge in [-0.05, 0) is 25.1 Å². The third-order valence-electron chi connectivity index (χ3n) is 3.85. The fourth-order valence-electron chi connectivity index (χ4n) is 2.72. The molecule has 2 heterocycles. The Morgan fingerprint density at radius 2 is 1.92 bits per heavy atom. The maximum atomic E-state index is 12.3. The van der Waals surface area contributed by atoms with E-state index in [2.05, 4.69) is 15.3 Å². The van der Waals surface area contributed by atoms with Crippen molar-refractivity contribution in [2.45, 2.75) is 11.9 Å². The van der Waals surface area contributed by atoms with Gasteiger partial charge < -0.3 is 14.8 Å². The van der Waals surface area contributed by atoms with Crippen molar-refractivity contribution < 1.29 is 14.3 Å². The fraction of sp³-hybridized carbons (Fsp3) is 0.211. The molecule has 0 spiro atoms. The lowest BCUT2D eigenvalue weighted by atomic mass is 10.2. The molecule has 1 aromatic heterocycles. The van der Waals surface area contributed by atoms with Crippen molar-refractivity contribution in [3.05, 3.63) is 48.3 Å². The Morgan fingerprint density at radius 3 is 2.81 bits per heavy atom. The Bertz CT molecular complexity index is 977. The first-order chi connectivity index (χ1) is 12.7. The second-order valence-electron chi connectivity index (χ2n) is 5.79. The van der Waals surface area contributed by atoms with E-state index in [1.165, 1.54) is 11.8 Å². The Labute approximate surface area is 154 Å². The van der Waals surface area contributed by atoms with Gasteiger partial charge in [-0.3, -0.25) is 4.79 Å². The van der Waals surface area contributed by atoms with Crippen LogP contribution in [0.4, 0.5) is 5.69 Å². The number of aromatic nitrogens is 2. The minimum atomic E-state index is -0.105. The molecule has 0 fully saturated rings. The first-order valence-electron chi connectivity index (χ1n) is 8.25. The lowest BCUT2D eigenvalue weighted by Gasteiger charge is -2.19. The molecule has 26 heavy (non-hydrogen) atoms. The number of amides is 1. The fourth-order valence-corrected chi connectivity index (χ4v) is 3.59. The van der Waals surface area contributed by atoms with Crippen LogP contribution in [0.2, 0.25) is 0 Å². The molecular formula is C19H17N3O3S. The third-order valence-corrected chi connectivity index (χ3v) is 4.84. The highest BCUT2D eigenvalue weighted by Gasteiger charge is 2.13. The number of nitrogens with zero attached hydrogens (tertiary/aromatic N) is 2. The summed E-state index contributed by atoms with van der Waals surface area (Å²) in [7, 11) is 0. The maximum absolute atomic E-state index is 12.3. The molecule has 0 saturated heterocycles. The second kappa shape index (κ2) is 7.21. The van der Waals surface area contributed by atoms with Crippen molar-refractivity contribution in [3.8, 4) is 11.5 Å². The number of fused-ring (bicyclic) bond motifs is 2. The van der Waals surface area contributed by atoms with Crippen LogP contribution in [-0.4, -0.2) is 34.8 Å². The first kappa shape index (κ1) is 16.7. The standard InChI is InChI=1S/C19H17N3O3S/c1-12-20-15-5-3-2-4-14(15)19(21-12)26-11-18(23)22-13-6-7-16-17(10-13)25-9-8-24-16/h2-7,10H,8-9,11H2,1H3,(H,22,23). The number of hydrogen-bond donors (Lipinski definition) is 1. The van der Waals surface area contributed by atoms with Gasteiger partial charge in [-0.2, -0.15) is 0 Å². The van der Waals surface area contributed by atoms with Gasteiger partial charge in [0.2, 0.25) is 5.91 Å². The summed E-state index contributed by atoms with van der Waals surface area (Å²) in [6.45, 7) is 2.91. The van der Waals surface area contributed by atoms with Crippen molar-refractivity contribution in [1.82, 2.24) is 9.97 Å². The van der Waals surface area contributed by atoms with Gasteiger partial charge in [0.15, 0.2) is 11.5 Å². The molecule has 1 aliphatic rings. The summed E-state index contributed by atoms with van der Waals surface area (Å²) in [5.41, 5.74) is 1.57. The average molecular weight is 367 g/mol. The third kappa shape index (κ3) is 3.57. The summed E-state index contributed by atoms with van der Waals surface area (Å²) in [5.74, 6) is 2.20. The van der Waals surface area contributed by atoms with Crippen LogP contribution in [0.5, 0.6) is 11.5 Å². The first-order valence-corrected chi connectivity index (χ1v) is 9.23. The van der Waals surface area contributed by atoms with Crippen LogP contribution in [0.3, 0.4) is 0 Å². The van der Waals surface area contributed by atoms with Crippen molar-refractivity contribution in [1.29, 1.82) is 0 Å². The SMILES string of the molecule is Cc1nc(SCC(=O)Nc2ccc3c(c2)OCCO3)c2ccccc2n1. The molecule has 7 heteroatoms. The minimum Gasteiger partial charge on any atom is -0.486 e. The van der Waals surface area contributed by atoms with Crippen LogP contribution in [0, 0.1) is 6.92 Å². The van der Waals surface area contributed by atoms with E-state index in [0.29, 0.717) is 36.2 Å². The zero-order valence-corrected chi connectivity index (χ0v) is 15.0. The highest BCUT2D eigenvalue weighted by molar-refractivity contribution is 8.00. The zero-order valence-electron chi connectivity index (χ0n) is 14.2. The van der Waals surface area contributed by atoms with E-state index in [4.69, 9.17) is 9.47 Å². The van der Waals surface area contributed by atoms with E-state index in [9.17, 15) is 4.79 Å². The Hall–Kier alpha value is -2.80. The lowest BCUT2D eigenvalue weighted by Crippen LogP contribution is -2.17. The maximum Gasteiger partial charge on any atom is 0.234 e. The number of carbonyl (C=O) groups is 1. The molecule has 0 atom stereocenters. The van der Waals surface area contributed by atoms with E-state index in [0.717, 1.165) is 15.9 Å². The summed E-state index contributed by atoms with van der Waals surface area (Å²) >= 11 is 1.40. The topological polar surface area (TPSA) is 73.3 Å². The summed E-state index contributed by atoms with van der Waals surface area (Å²) in [6.07, 6.45) is 0. The number of ether oxygens (including phenoxy) is 2.